The van der Waals surface area contributed by atoms with E-state index in [1.807, 2.05) is 0 Å². The number of halogens is 1. The van der Waals surface area contributed by atoms with Gasteiger partial charge in [-0.1, -0.05) is 0 Å². The van der Waals surface area contributed by atoms with Crippen molar-refractivity contribution < 1.29 is 0 Å². The lowest BCUT2D eigenvalue weighted by atomic mass is 10.1. The molecular formula is C11H14BrN3S2. The lowest BCUT2D eigenvalue weighted by molar-refractivity contribution is 0.396. The summed E-state index contributed by atoms with van der Waals surface area (Å²) in [5.41, 5.74) is 1.14. The van der Waals surface area contributed by atoms with Crippen LogP contribution in [-0.4, -0.2) is 14.8 Å². The molecule has 0 spiro atoms. The second-order valence-corrected chi connectivity index (χ2v) is 7.68. The number of hydrogen-bond donors (Lipinski definition) is 1. The lowest BCUT2D eigenvalue weighted by Crippen LogP contribution is -2.22. The molecule has 6 heteroatoms. The Morgan fingerprint density at radius 3 is 2.59 bits per heavy atom. The summed E-state index contributed by atoms with van der Waals surface area (Å²) >= 11 is 10.5. The molecule has 2 aromatic rings. The van der Waals surface area contributed by atoms with Crippen molar-refractivity contribution in [3.63, 3.8) is 0 Å². The van der Waals surface area contributed by atoms with Gasteiger partial charge < -0.3 is 0 Å². The highest BCUT2D eigenvalue weighted by Gasteiger charge is 2.21. The third-order valence-corrected chi connectivity index (χ3v) is 4.83. The molecule has 0 saturated heterocycles. The van der Waals surface area contributed by atoms with E-state index >= 15 is 0 Å². The zero-order valence-corrected chi connectivity index (χ0v) is 13.4. The van der Waals surface area contributed by atoms with Gasteiger partial charge in [0.25, 0.3) is 0 Å². The Bertz CT molecular complexity index is 581. The van der Waals surface area contributed by atoms with Crippen LogP contribution in [0.25, 0.3) is 10.7 Å². The number of rotatable bonds is 1. The fourth-order valence-corrected chi connectivity index (χ4v) is 3.58. The second-order valence-electron chi connectivity index (χ2n) is 4.93. The summed E-state index contributed by atoms with van der Waals surface area (Å²) in [6, 6.07) is 2.13. The zero-order valence-electron chi connectivity index (χ0n) is 10.2. The first-order valence-electron chi connectivity index (χ1n) is 5.25. The predicted molar refractivity (Wildman–Crippen MR) is 78.2 cm³/mol. The molecule has 0 fully saturated rings. The van der Waals surface area contributed by atoms with E-state index in [1.165, 1.54) is 5.56 Å². The van der Waals surface area contributed by atoms with E-state index in [1.54, 1.807) is 11.3 Å². The fraction of sp³-hybridized carbons (Fsp3) is 0.455. The molecule has 92 valence electrons. The van der Waals surface area contributed by atoms with Crippen LogP contribution in [0.4, 0.5) is 0 Å². The molecular weight excluding hydrogens is 318 g/mol. The summed E-state index contributed by atoms with van der Waals surface area (Å²) in [6.45, 7) is 8.44. The van der Waals surface area contributed by atoms with Crippen LogP contribution in [0.2, 0.25) is 0 Å². The van der Waals surface area contributed by atoms with Crippen molar-refractivity contribution in [3.8, 4) is 10.7 Å². The van der Waals surface area contributed by atoms with Crippen molar-refractivity contribution in [2.24, 2.45) is 0 Å². The van der Waals surface area contributed by atoms with E-state index in [4.69, 9.17) is 12.2 Å². The zero-order chi connectivity index (χ0) is 12.8. The summed E-state index contributed by atoms with van der Waals surface area (Å²) in [5, 5.41) is 7.22. The first-order valence-corrected chi connectivity index (χ1v) is 7.26. The molecule has 0 aliphatic heterocycles. The highest BCUT2D eigenvalue weighted by atomic mass is 79.9. The van der Waals surface area contributed by atoms with Gasteiger partial charge in [-0.25, -0.2) is 0 Å². The Kier molecular flexibility index (Phi) is 3.31. The third-order valence-electron chi connectivity index (χ3n) is 2.42. The molecule has 1 N–H and O–H groups in total. The van der Waals surface area contributed by atoms with Crippen molar-refractivity contribution in [2.75, 3.05) is 0 Å². The van der Waals surface area contributed by atoms with Crippen molar-refractivity contribution in [1.82, 2.24) is 14.8 Å². The highest BCUT2D eigenvalue weighted by molar-refractivity contribution is 9.11. The Labute approximate surface area is 118 Å². The van der Waals surface area contributed by atoms with Crippen LogP contribution in [0.3, 0.4) is 0 Å². The SMILES string of the molecule is Cc1cc(-c2n[nH]c(=S)n2C(C)(C)C)sc1Br. The molecule has 3 nitrogen and oxygen atoms in total. The molecule has 0 saturated carbocycles. The maximum absolute atomic E-state index is 5.30. The number of hydrogen-bond acceptors (Lipinski definition) is 3. The lowest BCUT2D eigenvalue weighted by Gasteiger charge is -2.21. The number of nitrogens with one attached hydrogen (secondary N) is 1. The topological polar surface area (TPSA) is 33.6 Å². The van der Waals surface area contributed by atoms with Crippen LogP contribution < -0.4 is 0 Å². The van der Waals surface area contributed by atoms with Crippen LogP contribution in [0.15, 0.2) is 9.85 Å². The smallest absolute Gasteiger partial charge is 0.195 e. The Morgan fingerprint density at radius 2 is 2.12 bits per heavy atom. The molecule has 0 aliphatic carbocycles. The maximum atomic E-state index is 5.30. The minimum atomic E-state index is -0.0796. The van der Waals surface area contributed by atoms with Crippen LogP contribution in [0, 0.1) is 11.7 Å². The van der Waals surface area contributed by atoms with Gasteiger partial charge in [0.2, 0.25) is 0 Å². The standard InChI is InChI=1S/C11H14BrN3S2/c1-6-5-7(17-8(6)12)9-13-14-10(16)15(9)11(2,3)4/h5H,1-4H3,(H,14,16). The number of aromatic amines is 1. The van der Waals surface area contributed by atoms with E-state index in [2.05, 4.69) is 64.5 Å². The predicted octanol–water partition coefficient (Wildman–Crippen LogP) is 4.50. The van der Waals surface area contributed by atoms with Gasteiger partial charge in [0, 0.05) is 5.54 Å². The number of thiophene rings is 1. The Hall–Kier alpha value is -0.460. The number of nitrogens with zero attached hydrogens (tertiary/aromatic N) is 2. The molecule has 2 heterocycles. The monoisotopic (exact) mass is 331 g/mol. The van der Waals surface area contributed by atoms with E-state index in [0.29, 0.717) is 4.77 Å². The molecule has 17 heavy (non-hydrogen) atoms. The van der Waals surface area contributed by atoms with Crippen LogP contribution in [0.5, 0.6) is 0 Å². The van der Waals surface area contributed by atoms with E-state index in [-0.39, 0.29) is 5.54 Å². The largest absolute Gasteiger partial charge is 0.294 e. The summed E-state index contributed by atoms with van der Waals surface area (Å²) < 4.78 is 3.86. The van der Waals surface area contributed by atoms with Crippen molar-refractivity contribution >= 4 is 39.5 Å². The van der Waals surface area contributed by atoms with Gasteiger partial charge >= 0.3 is 0 Å². The van der Waals surface area contributed by atoms with Crippen molar-refractivity contribution in [3.05, 3.63) is 20.2 Å². The molecule has 0 unspecified atom stereocenters. The molecule has 0 aromatic carbocycles. The molecule has 0 bridgehead atoms. The van der Waals surface area contributed by atoms with Crippen LogP contribution in [-0.2, 0) is 5.54 Å². The Balaban J connectivity index is 2.65. The molecule has 0 radical (unpaired) electrons. The van der Waals surface area contributed by atoms with Crippen LogP contribution in [0.1, 0.15) is 26.3 Å². The average Bonchev–Trinajstić information content (AvgIpc) is 2.70. The van der Waals surface area contributed by atoms with E-state index in [9.17, 15) is 0 Å². The maximum Gasteiger partial charge on any atom is 0.195 e. The average molecular weight is 332 g/mol. The van der Waals surface area contributed by atoms with Gasteiger partial charge in [-0.05, 0) is 67.5 Å². The molecule has 0 atom stereocenters. The number of H-pyrrole nitrogens is 1. The third kappa shape index (κ3) is 2.39. The van der Waals surface area contributed by atoms with Gasteiger partial charge in [0.15, 0.2) is 10.6 Å². The second kappa shape index (κ2) is 4.33. The highest BCUT2D eigenvalue weighted by Crippen LogP contribution is 2.35. The van der Waals surface area contributed by atoms with Gasteiger partial charge in [0.05, 0.1) is 8.66 Å². The molecule has 0 aliphatic rings. The molecule has 2 rings (SSSR count). The van der Waals surface area contributed by atoms with E-state index < -0.39 is 0 Å². The fourth-order valence-electron chi connectivity index (χ4n) is 1.65. The minimum absolute atomic E-state index is 0.0796. The van der Waals surface area contributed by atoms with E-state index in [0.717, 1.165) is 14.5 Å². The number of aromatic nitrogens is 3. The molecule has 2 aromatic heterocycles. The van der Waals surface area contributed by atoms with Crippen molar-refractivity contribution in [2.45, 2.75) is 33.2 Å². The number of aryl methyl sites for hydroxylation is 1. The first kappa shape index (κ1) is 13.0. The summed E-state index contributed by atoms with van der Waals surface area (Å²) in [5.74, 6) is 0.904. The Morgan fingerprint density at radius 1 is 1.47 bits per heavy atom. The van der Waals surface area contributed by atoms with Gasteiger partial charge in [-0.15, -0.1) is 11.3 Å². The van der Waals surface area contributed by atoms with Crippen molar-refractivity contribution in [1.29, 1.82) is 0 Å². The summed E-state index contributed by atoms with van der Waals surface area (Å²) in [6.07, 6.45) is 0. The summed E-state index contributed by atoms with van der Waals surface area (Å²) in [7, 11) is 0. The first-order chi connectivity index (χ1) is 7.80. The normalized spacial score (nSPS) is 12.1. The van der Waals surface area contributed by atoms with Gasteiger partial charge in [-0.3, -0.25) is 9.67 Å². The quantitative estimate of drug-likeness (QED) is 0.781. The van der Waals surface area contributed by atoms with Crippen LogP contribution >= 0.6 is 39.5 Å². The van der Waals surface area contributed by atoms with Gasteiger partial charge in [0.1, 0.15) is 0 Å². The van der Waals surface area contributed by atoms with Gasteiger partial charge in [-0.2, -0.15) is 5.10 Å². The summed E-state index contributed by atoms with van der Waals surface area (Å²) in [4.78, 5) is 1.12. The minimum Gasteiger partial charge on any atom is -0.294 e. The molecule has 0 amide bonds.